The molecule has 3 heterocycles. The van der Waals surface area contributed by atoms with Crippen molar-refractivity contribution in [2.24, 2.45) is 10.9 Å². The van der Waals surface area contributed by atoms with Crippen LogP contribution >= 0.6 is 24.0 Å². The summed E-state index contributed by atoms with van der Waals surface area (Å²) in [6.45, 7) is 6.24. The monoisotopic (exact) mass is 460 g/mol. The summed E-state index contributed by atoms with van der Waals surface area (Å²) >= 11 is 0. The molecule has 1 N–H and O–H groups in total. The Bertz CT molecular complexity index is 570. The molecule has 1 aromatic rings. The van der Waals surface area contributed by atoms with Crippen LogP contribution in [0, 0.1) is 5.92 Å². The first-order valence-electron chi connectivity index (χ1n) is 8.90. The molecule has 140 valence electrons. The standard InChI is InChI=1S/C17H28N6O.HI/c1-14-5-9-22(12-15(14)23-10-6-19-13-23)17(18-2)20-11-16(24)21-7-3-4-8-21;/h6,10,13-15H,3-5,7-9,11-12H2,1-2H3,(H,18,20);1H. The van der Waals surface area contributed by atoms with Crippen LogP contribution in [0.5, 0.6) is 0 Å². The highest BCUT2D eigenvalue weighted by Gasteiger charge is 2.29. The van der Waals surface area contributed by atoms with Crippen molar-refractivity contribution < 1.29 is 4.79 Å². The maximum Gasteiger partial charge on any atom is 0.241 e. The first-order chi connectivity index (χ1) is 11.7. The summed E-state index contributed by atoms with van der Waals surface area (Å²) in [4.78, 5) is 25.0. The van der Waals surface area contributed by atoms with Gasteiger partial charge in [-0.2, -0.15) is 0 Å². The normalized spacial score (nSPS) is 24.2. The summed E-state index contributed by atoms with van der Waals surface area (Å²) in [5.41, 5.74) is 0. The van der Waals surface area contributed by atoms with E-state index in [0.717, 1.165) is 51.4 Å². The van der Waals surface area contributed by atoms with E-state index in [1.54, 1.807) is 7.05 Å². The third kappa shape index (κ3) is 4.86. The average molecular weight is 460 g/mol. The quantitative estimate of drug-likeness (QED) is 0.423. The number of likely N-dealkylation sites (tertiary alicyclic amines) is 2. The summed E-state index contributed by atoms with van der Waals surface area (Å²) in [5.74, 6) is 1.59. The van der Waals surface area contributed by atoms with Gasteiger partial charge in [-0.05, 0) is 25.2 Å². The number of amides is 1. The lowest BCUT2D eigenvalue weighted by Crippen LogP contribution is -2.51. The third-order valence-electron chi connectivity index (χ3n) is 5.19. The molecular weight excluding hydrogens is 431 g/mol. The van der Waals surface area contributed by atoms with Crippen LogP contribution in [0.3, 0.4) is 0 Å². The molecule has 0 aromatic carbocycles. The number of piperidine rings is 1. The molecule has 0 aliphatic carbocycles. The van der Waals surface area contributed by atoms with Crippen molar-refractivity contribution in [3.63, 3.8) is 0 Å². The molecule has 2 atom stereocenters. The molecule has 0 radical (unpaired) electrons. The zero-order valence-corrected chi connectivity index (χ0v) is 17.4. The topological polar surface area (TPSA) is 65.8 Å². The number of hydrogen-bond donors (Lipinski definition) is 1. The number of imidazole rings is 1. The van der Waals surface area contributed by atoms with E-state index in [4.69, 9.17) is 0 Å². The summed E-state index contributed by atoms with van der Waals surface area (Å²) in [6.07, 6.45) is 9.08. The van der Waals surface area contributed by atoms with Crippen LogP contribution in [0.2, 0.25) is 0 Å². The van der Waals surface area contributed by atoms with E-state index in [2.05, 4.69) is 31.7 Å². The van der Waals surface area contributed by atoms with Crippen LogP contribution in [-0.2, 0) is 4.79 Å². The molecule has 0 bridgehead atoms. The lowest BCUT2D eigenvalue weighted by molar-refractivity contribution is -0.128. The molecular formula is C17H29IN6O. The maximum atomic E-state index is 12.2. The highest BCUT2D eigenvalue weighted by Crippen LogP contribution is 2.27. The van der Waals surface area contributed by atoms with Crippen LogP contribution in [0.25, 0.3) is 0 Å². The van der Waals surface area contributed by atoms with Gasteiger partial charge in [0.05, 0.1) is 18.9 Å². The first kappa shape index (κ1) is 20.0. The summed E-state index contributed by atoms with van der Waals surface area (Å²) in [6, 6.07) is 0.383. The first-order valence-corrected chi connectivity index (χ1v) is 8.90. The SMILES string of the molecule is CN=C(NCC(=O)N1CCCC1)N1CCC(C)C(n2ccnc2)C1.I. The fourth-order valence-electron chi connectivity index (χ4n) is 3.66. The van der Waals surface area contributed by atoms with Gasteiger partial charge >= 0.3 is 0 Å². The highest BCUT2D eigenvalue weighted by atomic mass is 127. The van der Waals surface area contributed by atoms with Gasteiger partial charge in [-0.3, -0.25) is 9.79 Å². The predicted molar refractivity (Wildman–Crippen MR) is 109 cm³/mol. The smallest absolute Gasteiger partial charge is 0.241 e. The fraction of sp³-hybridized carbons (Fsp3) is 0.706. The molecule has 25 heavy (non-hydrogen) atoms. The van der Waals surface area contributed by atoms with Gasteiger partial charge in [0.2, 0.25) is 5.91 Å². The van der Waals surface area contributed by atoms with E-state index in [9.17, 15) is 4.79 Å². The summed E-state index contributed by atoms with van der Waals surface area (Å²) < 4.78 is 2.18. The van der Waals surface area contributed by atoms with Crippen molar-refractivity contribution in [2.45, 2.75) is 32.2 Å². The number of carbonyl (C=O) groups excluding carboxylic acids is 1. The molecule has 0 spiro atoms. The Hall–Kier alpha value is -1.32. The van der Waals surface area contributed by atoms with E-state index < -0.39 is 0 Å². The molecule has 2 saturated heterocycles. The van der Waals surface area contributed by atoms with Crippen LogP contribution < -0.4 is 5.32 Å². The number of guanidine groups is 1. The molecule has 7 nitrogen and oxygen atoms in total. The predicted octanol–water partition coefficient (Wildman–Crippen LogP) is 1.58. The zero-order chi connectivity index (χ0) is 16.9. The van der Waals surface area contributed by atoms with Crippen molar-refractivity contribution in [3.8, 4) is 0 Å². The molecule has 2 aliphatic heterocycles. The molecule has 2 aliphatic rings. The lowest BCUT2D eigenvalue weighted by Gasteiger charge is -2.39. The lowest BCUT2D eigenvalue weighted by atomic mass is 9.93. The van der Waals surface area contributed by atoms with Crippen LogP contribution in [0.1, 0.15) is 32.2 Å². The van der Waals surface area contributed by atoms with Gasteiger partial charge in [-0.15, -0.1) is 24.0 Å². The Morgan fingerprint density at radius 1 is 1.28 bits per heavy atom. The molecule has 2 unspecified atom stereocenters. The number of hydrogen-bond acceptors (Lipinski definition) is 3. The van der Waals surface area contributed by atoms with Gasteiger partial charge in [-0.25, -0.2) is 4.98 Å². The van der Waals surface area contributed by atoms with E-state index >= 15 is 0 Å². The molecule has 1 amide bonds. The van der Waals surface area contributed by atoms with Crippen molar-refractivity contribution in [1.82, 2.24) is 24.7 Å². The fourth-order valence-corrected chi connectivity index (χ4v) is 3.66. The van der Waals surface area contributed by atoms with Crippen molar-refractivity contribution in [3.05, 3.63) is 18.7 Å². The van der Waals surface area contributed by atoms with E-state index in [-0.39, 0.29) is 29.9 Å². The summed E-state index contributed by atoms with van der Waals surface area (Å²) in [5, 5.41) is 3.26. The van der Waals surface area contributed by atoms with Crippen LogP contribution in [0.15, 0.2) is 23.7 Å². The van der Waals surface area contributed by atoms with Crippen LogP contribution in [-0.4, -0.2) is 71.0 Å². The summed E-state index contributed by atoms with van der Waals surface area (Å²) in [7, 11) is 1.78. The minimum absolute atomic E-state index is 0. The van der Waals surface area contributed by atoms with Crippen molar-refractivity contribution in [1.29, 1.82) is 0 Å². The van der Waals surface area contributed by atoms with Crippen molar-refractivity contribution in [2.75, 3.05) is 39.8 Å². The molecule has 8 heteroatoms. The number of aromatic nitrogens is 2. The second kappa shape index (κ2) is 9.40. The Balaban J connectivity index is 0.00000225. The number of halogens is 1. The van der Waals surface area contributed by atoms with E-state index in [1.165, 1.54) is 0 Å². The van der Waals surface area contributed by atoms with Gasteiger partial charge in [0.1, 0.15) is 0 Å². The molecule has 2 fully saturated rings. The Morgan fingerprint density at radius 3 is 2.68 bits per heavy atom. The Kier molecular flexibility index (Phi) is 7.52. The van der Waals surface area contributed by atoms with Crippen LogP contribution in [0.4, 0.5) is 0 Å². The van der Waals surface area contributed by atoms with Crippen molar-refractivity contribution >= 4 is 35.8 Å². The Morgan fingerprint density at radius 2 is 2.04 bits per heavy atom. The van der Waals surface area contributed by atoms with Gasteiger partial charge in [0.15, 0.2) is 5.96 Å². The molecule has 3 rings (SSSR count). The molecule has 1 aromatic heterocycles. The van der Waals surface area contributed by atoms with Gasteiger partial charge in [0.25, 0.3) is 0 Å². The number of nitrogens with zero attached hydrogens (tertiary/aromatic N) is 5. The maximum absolute atomic E-state index is 12.2. The number of aliphatic imine (C=N–C) groups is 1. The zero-order valence-electron chi connectivity index (χ0n) is 15.1. The van der Waals surface area contributed by atoms with Gasteiger partial charge < -0.3 is 19.7 Å². The van der Waals surface area contributed by atoms with Gasteiger partial charge in [0, 0.05) is 45.6 Å². The van der Waals surface area contributed by atoms with E-state index in [0.29, 0.717) is 18.5 Å². The highest BCUT2D eigenvalue weighted by molar-refractivity contribution is 14.0. The largest absolute Gasteiger partial charge is 0.347 e. The minimum Gasteiger partial charge on any atom is -0.347 e. The Labute approximate surface area is 166 Å². The van der Waals surface area contributed by atoms with Gasteiger partial charge in [-0.1, -0.05) is 6.92 Å². The molecule has 0 saturated carbocycles. The average Bonchev–Trinajstić information content (AvgIpc) is 3.30. The minimum atomic E-state index is 0. The van der Waals surface area contributed by atoms with E-state index in [1.807, 2.05) is 23.6 Å². The second-order valence-electron chi connectivity index (χ2n) is 6.78. The second-order valence-corrected chi connectivity index (χ2v) is 6.78. The number of rotatable bonds is 3. The third-order valence-corrected chi connectivity index (χ3v) is 5.19. The number of nitrogens with one attached hydrogen (secondary N) is 1. The number of carbonyl (C=O) groups is 1.